The largest absolute Gasteiger partial charge is 0.326 e. The Bertz CT molecular complexity index is 297. The molecular weight excluding hydrogens is 222 g/mol. The van der Waals surface area contributed by atoms with E-state index >= 15 is 0 Å². The van der Waals surface area contributed by atoms with Gasteiger partial charge >= 0.3 is 0 Å². The van der Waals surface area contributed by atoms with E-state index in [1.165, 1.54) is 33.4 Å². The molecule has 1 aromatic carbocycles. The van der Waals surface area contributed by atoms with Gasteiger partial charge in [0, 0.05) is 19.6 Å². The Kier molecular flexibility index (Phi) is 5.97. The molecule has 3 nitrogen and oxygen atoms in total. The number of nitrogens with two attached hydrogens (primary N) is 3. The van der Waals surface area contributed by atoms with Gasteiger partial charge in [-0.1, -0.05) is 0 Å². The van der Waals surface area contributed by atoms with Gasteiger partial charge in [0.05, 0.1) is 0 Å². The van der Waals surface area contributed by atoms with E-state index in [1.807, 2.05) is 0 Å². The van der Waals surface area contributed by atoms with Gasteiger partial charge in [-0.3, -0.25) is 0 Å². The second kappa shape index (κ2) is 6.21. The molecule has 1 aromatic rings. The van der Waals surface area contributed by atoms with Crippen molar-refractivity contribution < 1.29 is 0 Å². The van der Waals surface area contributed by atoms with Crippen LogP contribution in [0.3, 0.4) is 0 Å². The molecule has 0 unspecified atom stereocenters. The first-order chi connectivity index (χ1) is 7.08. The van der Waals surface area contributed by atoms with E-state index < -0.39 is 0 Å². The molecule has 6 N–H and O–H groups in total. The molecule has 0 radical (unpaired) electrons. The summed E-state index contributed by atoms with van der Waals surface area (Å²) in [5.41, 5.74) is 24.6. The molecule has 0 aliphatic carbocycles. The molecule has 0 saturated heterocycles. The summed E-state index contributed by atoms with van der Waals surface area (Å²) < 4.78 is 0. The molecule has 0 aliphatic rings. The van der Waals surface area contributed by atoms with Gasteiger partial charge in [-0.25, -0.2) is 0 Å². The zero-order valence-corrected chi connectivity index (χ0v) is 11.1. The summed E-state index contributed by atoms with van der Waals surface area (Å²) >= 11 is 0. The lowest BCUT2D eigenvalue weighted by Gasteiger charge is -2.20. The van der Waals surface area contributed by atoms with Crippen LogP contribution in [0.2, 0.25) is 0 Å². The summed E-state index contributed by atoms with van der Waals surface area (Å²) in [5.74, 6) is 0. The lowest BCUT2D eigenvalue weighted by Crippen LogP contribution is -2.14. The predicted octanol–water partition coefficient (Wildman–Crippen LogP) is 1.41. The van der Waals surface area contributed by atoms with E-state index in [0.29, 0.717) is 19.6 Å². The lowest BCUT2D eigenvalue weighted by molar-refractivity contribution is 0.921. The molecule has 1 rings (SSSR count). The van der Waals surface area contributed by atoms with Crippen molar-refractivity contribution in [3.05, 3.63) is 33.4 Å². The van der Waals surface area contributed by atoms with Gasteiger partial charge in [-0.05, 0) is 54.2 Å². The van der Waals surface area contributed by atoms with Crippen molar-refractivity contribution in [3.63, 3.8) is 0 Å². The Balaban J connectivity index is 0.00000225. The van der Waals surface area contributed by atoms with Crippen molar-refractivity contribution in [3.8, 4) is 0 Å². The zero-order valence-electron chi connectivity index (χ0n) is 10.3. The molecule has 0 saturated carbocycles. The van der Waals surface area contributed by atoms with Crippen LogP contribution in [0.15, 0.2) is 0 Å². The van der Waals surface area contributed by atoms with Crippen molar-refractivity contribution in [2.45, 2.75) is 40.4 Å². The molecule has 0 atom stereocenters. The van der Waals surface area contributed by atoms with Crippen LogP contribution in [-0.2, 0) is 19.6 Å². The van der Waals surface area contributed by atoms with Gasteiger partial charge in [0.1, 0.15) is 0 Å². The fourth-order valence-electron chi connectivity index (χ4n) is 2.31. The molecule has 0 bridgehead atoms. The van der Waals surface area contributed by atoms with Crippen LogP contribution in [0, 0.1) is 20.8 Å². The Morgan fingerprint density at radius 3 is 0.938 bits per heavy atom. The standard InChI is InChI=1S/C12H21N3.ClH/c1-7-10(4-13)8(2)12(6-15)9(3)11(7)5-14;/h4-6,13-15H2,1-3H3;1H. The zero-order chi connectivity index (χ0) is 11.6. The number of benzene rings is 1. The lowest BCUT2D eigenvalue weighted by atomic mass is 9.88. The Morgan fingerprint density at radius 1 is 0.625 bits per heavy atom. The van der Waals surface area contributed by atoms with Crippen molar-refractivity contribution in [1.82, 2.24) is 0 Å². The van der Waals surface area contributed by atoms with Crippen LogP contribution in [-0.4, -0.2) is 0 Å². The number of hydrogen-bond donors (Lipinski definition) is 3. The SMILES string of the molecule is Cc1c(CN)c(C)c(CN)c(C)c1CN.Cl. The van der Waals surface area contributed by atoms with Crippen molar-refractivity contribution in [2.75, 3.05) is 0 Å². The van der Waals surface area contributed by atoms with Gasteiger partial charge in [0.15, 0.2) is 0 Å². The van der Waals surface area contributed by atoms with Crippen molar-refractivity contribution in [2.24, 2.45) is 17.2 Å². The maximum atomic E-state index is 5.77. The molecule has 0 amide bonds. The van der Waals surface area contributed by atoms with Gasteiger partial charge in [0.25, 0.3) is 0 Å². The van der Waals surface area contributed by atoms with E-state index in [9.17, 15) is 0 Å². The van der Waals surface area contributed by atoms with Crippen LogP contribution in [0.5, 0.6) is 0 Å². The highest BCUT2D eigenvalue weighted by Crippen LogP contribution is 2.26. The minimum absolute atomic E-state index is 0. The molecule has 92 valence electrons. The monoisotopic (exact) mass is 243 g/mol. The van der Waals surface area contributed by atoms with E-state index in [4.69, 9.17) is 17.2 Å². The highest BCUT2D eigenvalue weighted by molar-refractivity contribution is 5.85. The minimum Gasteiger partial charge on any atom is -0.326 e. The van der Waals surface area contributed by atoms with Crippen LogP contribution in [0.4, 0.5) is 0 Å². The summed E-state index contributed by atoms with van der Waals surface area (Å²) in [4.78, 5) is 0. The third-order valence-electron chi connectivity index (χ3n) is 3.33. The van der Waals surface area contributed by atoms with Crippen molar-refractivity contribution in [1.29, 1.82) is 0 Å². The Labute approximate surface area is 104 Å². The third-order valence-corrected chi connectivity index (χ3v) is 3.33. The third kappa shape index (κ3) is 2.38. The summed E-state index contributed by atoms with van der Waals surface area (Å²) in [6.45, 7) is 7.92. The van der Waals surface area contributed by atoms with Crippen LogP contribution in [0.25, 0.3) is 0 Å². The van der Waals surface area contributed by atoms with Gasteiger partial charge in [0.2, 0.25) is 0 Å². The van der Waals surface area contributed by atoms with Crippen molar-refractivity contribution >= 4 is 12.4 Å². The van der Waals surface area contributed by atoms with E-state index in [0.717, 1.165) is 0 Å². The molecule has 4 heteroatoms. The minimum atomic E-state index is 0. The fraction of sp³-hybridized carbons (Fsp3) is 0.500. The fourth-order valence-corrected chi connectivity index (χ4v) is 2.31. The average molecular weight is 244 g/mol. The first-order valence-electron chi connectivity index (χ1n) is 5.29. The molecular formula is C12H22ClN3. The second-order valence-corrected chi connectivity index (χ2v) is 3.92. The highest BCUT2D eigenvalue weighted by Gasteiger charge is 2.13. The van der Waals surface area contributed by atoms with Gasteiger partial charge in [-0.2, -0.15) is 0 Å². The summed E-state index contributed by atoms with van der Waals surface area (Å²) in [5, 5.41) is 0. The van der Waals surface area contributed by atoms with Gasteiger partial charge < -0.3 is 17.2 Å². The normalized spacial score (nSPS) is 10.1. The van der Waals surface area contributed by atoms with Gasteiger partial charge in [-0.15, -0.1) is 12.4 Å². The maximum Gasteiger partial charge on any atom is 0.0183 e. The molecule has 0 fully saturated rings. The van der Waals surface area contributed by atoms with E-state index in [2.05, 4.69) is 20.8 Å². The topological polar surface area (TPSA) is 78.1 Å². The molecule has 0 aromatic heterocycles. The van der Waals surface area contributed by atoms with Crippen LogP contribution >= 0.6 is 12.4 Å². The average Bonchev–Trinajstić information content (AvgIpc) is 2.19. The van der Waals surface area contributed by atoms with Crippen LogP contribution in [0.1, 0.15) is 33.4 Å². The second-order valence-electron chi connectivity index (χ2n) is 3.92. The molecule has 16 heavy (non-hydrogen) atoms. The maximum absolute atomic E-state index is 5.77. The van der Waals surface area contributed by atoms with E-state index in [1.54, 1.807) is 0 Å². The smallest absolute Gasteiger partial charge is 0.0183 e. The first-order valence-corrected chi connectivity index (χ1v) is 5.29. The molecule has 0 aliphatic heterocycles. The highest BCUT2D eigenvalue weighted by atomic mass is 35.5. The predicted molar refractivity (Wildman–Crippen MR) is 71.6 cm³/mol. The van der Waals surface area contributed by atoms with E-state index in [-0.39, 0.29) is 12.4 Å². The molecule has 0 heterocycles. The van der Waals surface area contributed by atoms with Crippen LogP contribution < -0.4 is 17.2 Å². The molecule has 0 spiro atoms. The quantitative estimate of drug-likeness (QED) is 0.751. The summed E-state index contributed by atoms with van der Waals surface area (Å²) in [7, 11) is 0. The number of halogens is 1. The number of rotatable bonds is 3. The first kappa shape index (κ1) is 15.4. The Hall–Kier alpha value is -0.610. The number of hydrogen-bond acceptors (Lipinski definition) is 3. The Morgan fingerprint density at radius 2 is 0.812 bits per heavy atom. The summed E-state index contributed by atoms with van der Waals surface area (Å²) in [6.07, 6.45) is 0. The summed E-state index contributed by atoms with van der Waals surface area (Å²) in [6, 6.07) is 0.